The number of rotatable bonds is 5. The van der Waals surface area contributed by atoms with Gasteiger partial charge in [0, 0.05) is 19.3 Å². The molecule has 4 rings (SSSR count). The van der Waals surface area contributed by atoms with Crippen molar-refractivity contribution in [3.63, 3.8) is 0 Å². The highest BCUT2D eigenvalue weighted by Gasteiger charge is 2.29. The molecule has 140 valence electrons. The number of halogens is 1. The van der Waals surface area contributed by atoms with Crippen LogP contribution < -0.4 is 10.6 Å². The summed E-state index contributed by atoms with van der Waals surface area (Å²) < 4.78 is 15.9. The minimum Gasteiger partial charge on any atom is -0.340 e. The molecule has 2 aromatic heterocycles. The first-order valence-electron chi connectivity index (χ1n) is 8.98. The molecule has 3 heterocycles. The van der Waals surface area contributed by atoms with Crippen molar-refractivity contribution in [3.8, 4) is 0 Å². The Bertz CT molecular complexity index is 941. The first-order chi connectivity index (χ1) is 13.2. The summed E-state index contributed by atoms with van der Waals surface area (Å²) in [5, 5.41) is 2.89. The van der Waals surface area contributed by atoms with E-state index in [1.807, 2.05) is 41.3 Å². The lowest BCUT2D eigenvalue weighted by Gasteiger charge is -2.34. The predicted octanol–water partition coefficient (Wildman–Crippen LogP) is 2.62. The van der Waals surface area contributed by atoms with Gasteiger partial charge in [-0.15, -0.1) is 0 Å². The van der Waals surface area contributed by atoms with Crippen LogP contribution in [0.2, 0.25) is 0 Å². The quantitative estimate of drug-likeness (QED) is 0.699. The van der Waals surface area contributed by atoms with Crippen molar-refractivity contribution in [2.45, 2.75) is 31.7 Å². The molecule has 0 unspecified atom stereocenters. The number of para-hydroxylation sites is 2. The SMILES string of the molecule is N[C@@H]1CN(c2nc3ccccc3n2Cc2ccc(CN=O)cn2)CC[C@H]1F. The summed E-state index contributed by atoms with van der Waals surface area (Å²) in [6.07, 6.45) is 1.09. The van der Waals surface area contributed by atoms with Crippen LogP contribution in [0.5, 0.6) is 0 Å². The number of pyridine rings is 1. The highest BCUT2D eigenvalue weighted by Crippen LogP contribution is 2.26. The fraction of sp³-hybridized carbons (Fsp3) is 0.368. The maximum Gasteiger partial charge on any atom is 0.206 e. The third-order valence-electron chi connectivity index (χ3n) is 4.94. The van der Waals surface area contributed by atoms with Crippen LogP contribution in [0, 0.1) is 4.91 Å². The van der Waals surface area contributed by atoms with Crippen molar-refractivity contribution in [1.82, 2.24) is 14.5 Å². The topological polar surface area (TPSA) is 89.4 Å². The summed E-state index contributed by atoms with van der Waals surface area (Å²) in [5.41, 5.74) is 9.44. The van der Waals surface area contributed by atoms with Gasteiger partial charge in [0.25, 0.3) is 0 Å². The van der Waals surface area contributed by atoms with E-state index in [1.54, 1.807) is 6.20 Å². The first-order valence-corrected chi connectivity index (χ1v) is 8.98. The zero-order valence-electron chi connectivity index (χ0n) is 14.8. The fourth-order valence-corrected chi connectivity index (χ4v) is 3.47. The zero-order valence-corrected chi connectivity index (χ0v) is 14.8. The smallest absolute Gasteiger partial charge is 0.206 e. The number of hydrogen-bond donors (Lipinski definition) is 1. The average molecular weight is 368 g/mol. The standard InChI is InChI=1S/C19H21FN6O/c20-15-7-8-25(12-16(15)21)19-24-17-3-1-2-4-18(17)26(19)11-14-6-5-13(9-22-14)10-23-27/h1-6,9,15-16H,7-8,10-12,21H2/t15-,16-/m1/s1. The van der Waals surface area contributed by atoms with Crippen molar-refractivity contribution >= 4 is 17.0 Å². The van der Waals surface area contributed by atoms with Gasteiger partial charge in [-0.25, -0.2) is 9.37 Å². The number of nitrogens with two attached hydrogens (primary N) is 1. The van der Waals surface area contributed by atoms with Gasteiger partial charge in [0.15, 0.2) is 0 Å². The molecule has 0 radical (unpaired) electrons. The van der Waals surface area contributed by atoms with Crippen LogP contribution in [0.1, 0.15) is 17.7 Å². The van der Waals surface area contributed by atoms with E-state index in [1.165, 1.54) is 0 Å². The number of piperidine rings is 1. The average Bonchev–Trinajstić information content (AvgIpc) is 3.04. The molecule has 0 aliphatic carbocycles. The molecule has 0 spiro atoms. The molecule has 27 heavy (non-hydrogen) atoms. The number of aromatic nitrogens is 3. The highest BCUT2D eigenvalue weighted by molar-refractivity contribution is 5.79. The van der Waals surface area contributed by atoms with Gasteiger partial charge in [-0.3, -0.25) is 4.98 Å². The van der Waals surface area contributed by atoms with E-state index in [-0.39, 0.29) is 6.54 Å². The Balaban J connectivity index is 1.69. The molecule has 1 aromatic carbocycles. The molecule has 1 fully saturated rings. The second kappa shape index (κ2) is 7.40. The molecular formula is C19H21FN6O. The minimum absolute atomic E-state index is 0.114. The number of alkyl halides is 1. The molecule has 8 heteroatoms. The van der Waals surface area contributed by atoms with Crippen molar-refractivity contribution < 1.29 is 4.39 Å². The molecule has 3 aromatic rings. The van der Waals surface area contributed by atoms with E-state index in [9.17, 15) is 9.30 Å². The Morgan fingerprint density at radius 3 is 2.85 bits per heavy atom. The van der Waals surface area contributed by atoms with Crippen LogP contribution in [0.3, 0.4) is 0 Å². The van der Waals surface area contributed by atoms with E-state index in [4.69, 9.17) is 10.7 Å². The fourth-order valence-electron chi connectivity index (χ4n) is 3.47. The van der Waals surface area contributed by atoms with Crippen molar-refractivity contribution in [3.05, 3.63) is 58.8 Å². The van der Waals surface area contributed by atoms with Crippen LogP contribution >= 0.6 is 0 Å². The zero-order chi connectivity index (χ0) is 18.8. The van der Waals surface area contributed by atoms with Gasteiger partial charge < -0.3 is 15.2 Å². The summed E-state index contributed by atoms with van der Waals surface area (Å²) in [7, 11) is 0. The summed E-state index contributed by atoms with van der Waals surface area (Å²) in [6.45, 7) is 1.65. The number of anilines is 1. The lowest BCUT2D eigenvalue weighted by atomic mass is 10.1. The number of nitroso groups, excluding NO2 is 1. The third-order valence-corrected chi connectivity index (χ3v) is 4.94. The second-order valence-corrected chi connectivity index (χ2v) is 6.85. The van der Waals surface area contributed by atoms with Crippen molar-refractivity contribution in [2.75, 3.05) is 18.0 Å². The van der Waals surface area contributed by atoms with Crippen LogP contribution in [-0.2, 0) is 13.1 Å². The summed E-state index contributed by atoms with van der Waals surface area (Å²) in [4.78, 5) is 21.7. The van der Waals surface area contributed by atoms with E-state index < -0.39 is 12.2 Å². The molecule has 0 bridgehead atoms. The monoisotopic (exact) mass is 368 g/mol. The highest BCUT2D eigenvalue weighted by atomic mass is 19.1. The number of fused-ring (bicyclic) bond motifs is 1. The van der Waals surface area contributed by atoms with Crippen LogP contribution in [-0.4, -0.2) is 39.8 Å². The van der Waals surface area contributed by atoms with Gasteiger partial charge >= 0.3 is 0 Å². The van der Waals surface area contributed by atoms with E-state index in [0.29, 0.717) is 26.1 Å². The van der Waals surface area contributed by atoms with Gasteiger partial charge in [0.2, 0.25) is 5.95 Å². The van der Waals surface area contributed by atoms with Gasteiger partial charge in [-0.2, -0.15) is 4.91 Å². The number of hydrogen-bond acceptors (Lipinski definition) is 6. The van der Waals surface area contributed by atoms with Gasteiger partial charge in [0.1, 0.15) is 12.7 Å². The van der Waals surface area contributed by atoms with Crippen molar-refractivity contribution in [1.29, 1.82) is 0 Å². The predicted molar refractivity (Wildman–Crippen MR) is 102 cm³/mol. The van der Waals surface area contributed by atoms with E-state index in [2.05, 4.69) is 14.7 Å². The lowest BCUT2D eigenvalue weighted by molar-refractivity contribution is 0.243. The van der Waals surface area contributed by atoms with Gasteiger partial charge in [-0.1, -0.05) is 23.4 Å². The van der Waals surface area contributed by atoms with Crippen LogP contribution in [0.15, 0.2) is 47.8 Å². The first kappa shape index (κ1) is 17.5. The van der Waals surface area contributed by atoms with Gasteiger partial charge in [-0.05, 0) is 30.2 Å². The molecule has 1 aliphatic heterocycles. The molecule has 1 saturated heterocycles. The maximum atomic E-state index is 13.8. The molecular weight excluding hydrogens is 347 g/mol. The third kappa shape index (κ3) is 3.52. The number of imidazole rings is 1. The lowest BCUT2D eigenvalue weighted by Crippen LogP contribution is -2.50. The van der Waals surface area contributed by atoms with Gasteiger partial charge in [0.05, 0.1) is 29.3 Å². The molecule has 2 atom stereocenters. The van der Waals surface area contributed by atoms with Crippen LogP contribution in [0.4, 0.5) is 10.3 Å². The number of benzene rings is 1. The van der Waals surface area contributed by atoms with E-state index in [0.717, 1.165) is 28.2 Å². The summed E-state index contributed by atoms with van der Waals surface area (Å²) in [6, 6.07) is 11.1. The largest absolute Gasteiger partial charge is 0.340 e. The van der Waals surface area contributed by atoms with E-state index >= 15 is 0 Å². The Hall–Kier alpha value is -2.87. The molecule has 2 N–H and O–H groups in total. The molecule has 1 aliphatic rings. The Labute approximate surface area is 156 Å². The molecule has 7 nitrogen and oxygen atoms in total. The van der Waals surface area contributed by atoms with Crippen molar-refractivity contribution in [2.24, 2.45) is 10.9 Å². The normalized spacial score (nSPS) is 20.1. The summed E-state index contributed by atoms with van der Waals surface area (Å²) >= 11 is 0. The minimum atomic E-state index is -0.972. The Morgan fingerprint density at radius 1 is 1.26 bits per heavy atom. The maximum absolute atomic E-state index is 13.8. The molecule has 0 amide bonds. The number of nitrogens with zero attached hydrogens (tertiary/aromatic N) is 5. The van der Waals surface area contributed by atoms with Crippen LogP contribution in [0.25, 0.3) is 11.0 Å². The summed E-state index contributed by atoms with van der Waals surface area (Å²) in [5.74, 6) is 0.777. The Morgan fingerprint density at radius 2 is 2.11 bits per heavy atom. The molecule has 0 saturated carbocycles. The second-order valence-electron chi connectivity index (χ2n) is 6.85. The Kier molecular flexibility index (Phi) is 4.81.